The number of pyridine rings is 1. The minimum Gasteiger partial charge on any atom is -0.445 e. The van der Waals surface area contributed by atoms with E-state index in [1.165, 1.54) is 0 Å². The van der Waals surface area contributed by atoms with Crippen molar-refractivity contribution in [3.8, 4) is 0 Å². The summed E-state index contributed by atoms with van der Waals surface area (Å²) in [5.74, 6) is 0.413. The molecule has 0 fully saturated rings. The van der Waals surface area contributed by atoms with Crippen LogP contribution in [0.4, 0.5) is 4.79 Å². The number of nitrogens with zero attached hydrogens (tertiary/aromatic N) is 3. The molecule has 3 aromatic rings. The van der Waals surface area contributed by atoms with E-state index in [9.17, 15) is 9.59 Å². The number of carbonyl (C=O) groups excluding carboxylic acids is 2. The van der Waals surface area contributed by atoms with E-state index in [-0.39, 0.29) is 18.4 Å². The molecule has 1 atom stereocenters. The molecule has 3 rings (SSSR count). The Bertz CT molecular complexity index is 955. The van der Waals surface area contributed by atoms with Crippen molar-refractivity contribution in [3.63, 3.8) is 0 Å². The third-order valence-corrected chi connectivity index (χ3v) is 4.47. The summed E-state index contributed by atoms with van der Waals surface area (Å²) in [5, 5.41) is 13.7. The van der Waals surface area contributed by atoms with Gasteiger partial charge < -0.3 is 15.4 Å². The fourth-order valence-corrected chi connectivity index (χ4v) is 2.90. The van der Waals surface area contributed by atoms with Gasteiger partial charge in [-0.2, -0.15) is 0 Å². The van der Waals surface area contributed by atoms with Gasteiger partial charge in [0.1, 0.15) is 18.5 Å². The van der Waals surface area contributed by atoms with Crippen molar-refractivity contribution in [2.45, 2.75) is 32.9 Å². The fourth-order valence-electron chi connectivity index (χ4n) is 2.90. The van der Waals surface area contributed by atoms with E-state index >= 15 is 0 Å². The van der Waals surface area contributed by atoms with E-state index in [4.69, 9.17) is 4.74 Å². The first kappa shape index (κ1) is 20.3. The molecule has 0 radical (unpaired) electrons. The van der Waals surface area contributed by atoms with Crippen molar-refractivity contribution in [2.75, 3.05) is 6.54 Å². The average molecular weight is 395 g/mol. The summed E-state index contributed by atoms with van der Waals surface area (Å²) in [6.07, 6.45) is 1.79. The first-order chi connectivity index (χ1) is 14.0. The van der Waals surface area contributed by atoms with E-state index in [2.05, 4.69) is 20.8 Å². The summed E-state index contributed by atoms with van der Waals surface area (Å²) in [4.78, 5) is 24.7. The van der Waals surface area contributed by atoms with Crippen LogP contribution in [-0.2, 0) is 22.6 Å². The number of hydrogen-bond acceptors (Lipinski definition) is 5. The van der Waals surface area contributed by atoms with Crippen molar-refractivity contribution in [3.05, 3.63) is 66.1 Å². The molecule has 0 aliphatic carbocycles. The molecule has 0 bridgehead atoms. The summed E-state index contributed by atoms with van der Waals surface area (Å²) < 4.78 is 7.10. The number of nitrogens with one attached hydrogen (secondary N) is 2. The number of alkyl carbamates (subject to hydrolysis) is 1. The van der Waals surface area contributed by atoms with Gasteiger partial charge in [-0.1, -0.05) is 50.2 Å². The van der Waals surface area contributed by atoms with Gasteiger partial charge in [-0.25, -0.2) is 4.79 Å². The highest BCUT2D eigenvalue weighted by Gasteiger charge is 2.24. The van der Waals surface area contributed by atoms with Crippen LogP contribution < -0.4 is 10.6 Å². The minimum atomic E-state index is -0.687. The lowest BCUT2D eigenvalue weighted by Crippen LogP contribution is -2.50. The third kappa shape index (κ3) is 5.54. The monoisotopic (exact) mass is 395 g/mol. The number of carbonyl (C=O) groups is 2. The van der Waals surface area contributed by atoms with Gasteiger partial charge in [0, 0.05) is 19.2 Å². The number of hydrogen-bond donors (Lipinski definition) is 2. The maximum atomic E-state index is 12.6. The summed E-state index contributed by atoms with van der Waals surface area (Å²) >= 11 is 0. The Morgan fingerprint density at radius 2 is 1.83 bits per heavy atom. The molecular formula is C21H25N5O3. The Balaban J connectivity index is 1.49. The zero-order valence-electron chi connectivity index (χ0n) is 16.5. The van der Waals surface area contributed by atoms with E-state index in [0.717, 1.165) is 17.0 Å². The predicted molar refractivity (Wildman–Crippen MR) is 108 cm³/mol. The van der Waals surface area contributed by atoms with Gasteiger partial charge in [0.15, 0.2) is 5.65 Å². The lowest BCUT2D eigenvalue weighted by atomic mass is 10.0. The molecule has 2 heterocycles. The Kier molecular flexibility index (Phi) is 6.78. The number of benzene rings is 1. The Morgan fingerprint density at radius 3 is 2.59 bits per heavy atom. The Hall–Kier alpha value is -3.42. The number of rotatable bonds is 8. The van der Waals surface area contributed by atoms with Gasteiger partial charge in [-0.15, -0.1) is 10.2 Å². The van der Waals surface area contributed by atoms with Crippen LogP contribution in [0.15, 0.2) is 54.7 Å². The summed E-state index contributed by atoms with van der Waals surface area (Å²) in [6.45, 7) is 4.28. The third-order valence-electron chi connectivity index (χ3n) is 4.47. The quantitative estimate of drug-likeness (QED) is 0.610. The highest BCUT2D eigenvalue weighted by atomic mass is 16.5. The van der Waals surface area contributed by atoms with E-state index in [1.54, 1.807) is 0 Å². The van der Waals surface area contributed by atoms with Crippen molar-refractivity contribution in [1.82, 2.24) is 25.2 Å². The number of fused-ring (bicyclic) bond motifs is 1. The molecule has 29 heavy (non-hydrogen) atoms. The smallest absolute Gasteiger partial charge is 0.408 e. The minimum absolute atomic E-state index is 0.0896. The molecule has 8 nitrogen and oxygen atoms in total. The van der Waals surface area contributed by atoms with Crippen LogP contribution in [0.2, 0.25) is 0 Å². The zero-order chi connectivity index (χ0) is 20.6. The molecule has 2 N–H and O–H groups in total. The molecule has 8 heteroatoms. The van der Waals surface area contributed by atoms with Crippen LogP contribution in [0.25, 0.3) is 5.65 Å². The molecule has 0 aliphatic rings. The number of ether oxygens (including phenoxy) is 1. The summed E-state index contributed by atoms with van der Waals surface area (Å²) in [7, 11) is 0. The second-order valence-electron chi connectivity index (χ2n) is 7.01. The van der Waals surface area contributed by atoms with Gasteiger partial charge >= 0.3 is 6.09 Å². The highest BCUT2D eigenvalue weighted by Crippen LogP contribution is 2.06. The van der Waals surface area contributed by atoms with Crippen molar-refractivity contribution < 1.29 is 14.3 Å². The number of aromatic nitrogens is 3. The van der Waals surface area contributed by atoms with Crippen molar-refractivity contribution >= 4 is 17.6 Å². The average Bonchev–Trinajstić information content (AvgIpc) is 3.14. The van der Waals surface area contributed by atoms with Crippen LogP contribution in [0, 0.1) is 5.92 Å². The maximum Gasteiger partial charge on any atom is 0.408 e. The predicted octanol–water partition coefficient (Wildman–Crippen LogP) is 2.34. The Labute approximate surface area is 169 Å². The van der Waals surface area contributed by atoms with Gasteiger partial charge in [-0.3, -0.25) is 9.20 Å². The van der Waals surface area contributed by atoms with E-state index in [0.29, 0.717) is 13.0 Å². The first-order valence-electron chi connectivity index (χ1n) is 9.58. The molecule has 0 aliphatic heterocycles. The largest absolute Gasteiger partial charge is 0.445 e. The van der Waals surface area contributed by atoms with Crippen LogP contribution in [0.3, 0.4) is 0 Å². The standard InChI is InChI=1S/C21H25N5O3/c1-15(2)19(23-21(28)29-14-16-8-4-3-5-9-16)20(27)22-12-11-18-25-24-17-10-6-7-13-26(17)18/h3-10,13,15,19H,11-12,14H2,1-2H3,(H,22,27)(H,23,28)/t19-/m1/s1. The second-order valence-corrected chi connectivity index (χ2v) is 7.01. The fraction of sp³-hybridized carbons (Fsp3) is 0.333. The number of amides is 2. The Morgan fingerprint density at radius 1 is 1.07 bits per heavy atom. The van der Waals surface area contributed by atoms with Crippen molar-refractivity contribution in [1.29, 1.82) is 0 Å². The molecule has 0 saturated carbocycles. The van der Waals surface area contributed by atoms with Gasteiger partial charge in [0.2, 0.25) is 5.91 Å². The molecule has 1 aromatic carbocycles. The lowest BCUT2D eigenvalue weighted by Gasteiger charge is -2.21. The highest BCUT2D eigenvalue weighted by molar-refractivity contribution is 5.85. The van der Waals surface area contributed by atoms with Crippen LogP contribution in [0.5, 0.6) is 0 Å². The molecule has 2 aromatic heterocycles. The van der Waals surface area contributed by atoms with Crippen molar-refractivity contribution in [2.24, 2.45) is 5.92 Å². The molecule has 152 valence electrons. The normalized spacial score (nSPS) is 12.0. The second kappa shape index (κ2) is 9.68. The van der Waals surface area contributed by atoms with Gasteiger partial charge in [0.25, 0.3) is 0 Å². The summed E-state index contributed by atoms with van der Waals surface area (Å²) in [6, 6.07) is 14.4. The lowest BCUT2D eigenvalue weighted by molar-refractivity contribution is -0.124. The zero-order valence-corrected chi connectivity index (χ0v) is 16.5. The molecular weight excluding hydrogens is 370 g/mol. The van der Waals surface area contributed by atoms with E-state index < -0.39 is 12.1 Å². The van der Waals surface area contributed by atoms with E-state index in [1.807, 2.05) is 73.0 Å². The summed E-state index contributed by atoms with van der Waals surface area (Å²) in [5.41, 5.74) is 1.64. The first-order valence-corrected chi connectivity index (χ1v) is 9.58. The van der Waals surface area contributed by atoms with Crippen LogP contribution in [0.1, 0.15) is 25.2 Å². The molecule has 0 spiro atoms. The molecule has 0 saturated heterocycles. The van der Waals surface area contributed by atoms with Gasteiger partial charge in [0.05, 0.1) is 0 Å². The topological polar surface area (TPSA) is 97.6 Å². The van der Waals surface area contributed by atoms with Crippen LogP contribution >= 0.6 is 0 Å². The SMILES string of the molecule is CC(C)[C@@H](NC(=O)OCc1ccccc1)C(=O)NCCc1nnc2ccccn12. The molecule has 0 unspecified atom stereocenters. The van der Waals surface area contributed by atoms with Crippen LogP contribution in [-0.4, -0.2) is 39.2 Å². The van der Waals surface area contributed by atoms with Gasteiger partial charge in [-0.05, 0) is 23.6 Å². The molecule has 2 amide bonds. The maximum absolute atomic E-state index is 12.6.